The molecular weight excluding hydrogens is 350 g/mol. The highest BCUT2D eigenvalue weighted by Crippen LogP contribution is 2.36. The summed E-state index contributed by atoms with van der Waals surface area (Å²) < 4.78 is 12.3. The SMILES string of the molecule is C=C1CCC(OC(=O)NCC(N)=O)c2nnn(Cc3ccc(OC)cc3)c21. The lowest BCUT2D eigenvalue weighted by Gasteiger charge is -2.23. The Kier molecular flexibility index (Phi) is 5.39. The van der Waals surface area contributed by atoms with Gasteiger partial charge in [0.15, 0.2) is 0 Å². The number of hydrogen-bond donors (Lipinski definition) is 2. The average Bonchev–Trinajstić information content (AvgIpc) is 3.08. The molecule has 0 fully saturated rings. The number of alkyl carbamates (subject to hydrolysis) is 1. The molecule has 0 aliphatic heterocycles. The number of rotatable bonds is 6. The third-order valence-corrected chi connectivity index (χ3v) is 4.26. The number of benzene rings is 1. The van der Waals surface area contributed by atoms with Gasteiger partial charge in [0.25, 0.3) is 0 Å². The van der Waals surface area contributed by atoms with Crippen molar-refractivity contribution in [3.05, 3.63) is 47.8 Å². The summed E-state index contributed by atoms with van der Waals surface area (Å²) >= 11 is 0. The number of methoxy groups -OCH3 is 1. The predicted octanol–water partition coefficient (Wildman–Crippen LogP) is 1.39. The van der Waals surface area contributed by atoms with Crippen LogP contribution in [0.1, 0.15) is 35.9 Å². The minimum absolute atomic E-state index is 0.282. The van der Waals surface area contributed by atoms with Gasteiger partial charge in [-0.15, -0.1) is 5.10 Å². The Bertz CT molecular complexity index is 859. The first-order chi connectivity index (χ1) is 13.0. The highest BCUT2D eigenvalue weighted by molar-refractivity contribution is 5.80. The van der Waals surface area contributed by atoms with E-state index in [1.54, 1.807) is 11.8 Å². The number of carbonyl (C=O) groups is 2. The summed E-state index contributed by atoms with van der Waals surface area (Å²) in [5, 5.41) is 10.7. The van der Waals surface area contributed by atoms with E-state index < -0.39 is 18.1 Å². The van der Waals surface area contributed by atoms with Crippen LogP contribution in [-0.2, 0) is 16.1 Å². The van der Waals surface area contributed by atoms with Gasteiger partial charge in [0.2, 0.25) is 5.91 Å². The van der Waals surface area contributed by atoms with Crippen molar-refractivity contribution in [1.82, 2.24) is 20.3 Å². The summed E-state index contributed by atoms with van der Waals surface area (Å²) in [5.41, 5.74) is 8.26. The molecule has 9 nitrogen and oxygen atoms in total. The minimum Gasteiger partial charge on any atom is -0.497 e. The first-order valence-corrected chi connectivity index (χ1v) is 8.45. The van der Waals surface area contributed by atoms with Gasteiger partial charge < -0.3 is 20.5 Å². The van der Waals surface area contributed by atoms with Crippen molar-refractivity contribution in [2.24, 2.45) is 5.73 Å². The number of aromatic nitrogens is 3. The predicted molar refractivity (Wildman–Crippen MR) is 96.8 cm³/mol. The molecule has 142 valence electrons. The van der Waals surface area contributed by atoms with E-state index in [2.05, 4.69) is 22.2 Å². The number of primary amides is 1. The summed E-state index contributed by atoms with van der Waals surface area (Å²) in [6.45, 7) is 4.32. The van der Waals surface area contributed by atoms with Crippen LogP contribution in [0.5, 0.6) is 5.75 Å². The molecule has 2 aromatic rings. The number of carbonyl (C=O) groups excluding carboxylic acids is 2. The number of amides is 2. The Balaban J connectivity index is 1.76. The third kappa shape index (κ3) is 4.25. The fourth-order valence-electron chi connectivity index (χ4n) is 2.93. The first-order valence-electron chi connectivity index (χ1n) is 8.45. The van der Waals surface area contributed by atoms with Crippen LogP contribution in [0, 0.1) is 0 Å². The van der Waals surface area contributed by atoms with E-state index in [0.29, 0.717) is 25.1 Å². The van der Waals surface area contributed by atoms with E-state index in [9.17, 15) is 9.59 Å². The number of ether oxygens (including phenoxy) is 2. The zero-order valence-electron chi connectivity index (χ0n) is 15.0. The maximum absolute atomic E-state index is 11.8. The molecule has 0 radical (unpaired) electrons. The number of allylic oxidation sites excluding steroid dienone is 1. The zero-order chi connectivity index (χ0) is 19.4. The lowest BCUT2D eigenvalue weighted by atomic mass is 9.94. The summed E-state index contributed by atoms with van der Waals surface area (Å²) in [6, 6.07) is 7.65. The molecule has 1 heterocycles. The van der Waals surface area contributed by atoms with Gasteiger partial charge in [-0.3, -0.25) is 4.79 Å². The first kappa shape index (κ1) is 18.4. The summed E-state index contributed by atoms with van der Waals surface area (Å²) in [6.07, 6.45) is -0.0710. The molecule has 1 aliphatic rings. The highest BCUT2D eigenvalue weighted by Gasteiger charge is 2.31. The average molecular weight is 371 g/mol. The molecule has 3 N–H and O–H groups in total. The molecule has 1 aliphatic carbocycles. The van der Waals surface area contributed by atoms with Crippen molar-refractivity contribution >= 4 is 17.6 Å². The van der Waals surface area contributed by atoms with Crippen molar-refractivity contribution in [1.29, 1.82) is 0 Å². The molecule has 3 rings (SSSR count). The van der Waals surface area contributed by atoms with Crippen LogP contribution in [0.25, 0.3) is 5.57 Å². The molecule has 2 amide bonds. The third-order valence-electron chi connectivity index (χ3n) is 4.26. The van der Waals surface area contributed by atoms with Gasteiger partial charge in [0.1, 0.15) is 17.5 Å². The second kappa shape index (κ2) is 7.90. The minimum atomic E-state index is -0.720. The van der Waals surface area contributed by atoms with Crippen LogP contribution in [0.3, 0.4) is 0 Å². The molecule has 27 heavy (non-hydrogen) atoms. The van der Waals surface area contributed by atoms with Crippen LogP contribution in [0.2, 0.25) is 0 Å². The van der Waals surface area contributed by atoms with Crippen LogP contribution < -0.4 is 15.8 Å². The number of nitrogens with one attached hydrogen (secondary N) is 1. The Morgan fingerprint density at radius 3 is 2.78 bits per heavy atom. The van der Waals surface area contributed by atoms with Gasteiger partial charge in [-0.25, -0.2) is 9.48 Å². The van der Waals surface area contributed by atoms with E-state index in [0.717, 1.165) is 22.6 Å². The molecular formula is C18H21N5O4. The summed E-state index contributed by atoms with van der Waals surface area (Å²) in [4.78, 5) is 22.6. The van der Waals surface area contributed by atoms with Crippen molar-refractivity contribution in [2.45, 2.75) is 25.5 Å². The molecule has 1 aromatic heterocycles. The van der Waals surface area contributed by atoms with Crippen LogP contribution >= 0.6 is 0 Å². The standard InChI is InChI=1S/C18H21N5O4/c1-11-3-8-14(27-18(25)20-9-15(19)24)16-17(11)23(22-21-16)10-12-4-6-13(26-2)7-5-12/h4-7,14H,1,3,8-10H2,2H3,(H2,19,24)(H,20,25). The van der Waals surface area contributed by atoms with Crippen LogP contribution in [-0.4, -0.2) is 40.6 Å². The van der Waals surface area contributed by atoms with E-state index in [-0.39, 0.29) is 6.54 Å². The fraction of sp³-hybridized carbons (Fsp3) is 0.333. The molecule has 0 spiro atoms. The Labute approximate surface area is 156 Å². The molecule has 0 saturated carbocycles. The zero-order valence-corrected chi connectivity index (χ0v) is 15.0. The second-order valence-electron chi connectivity index (χ2n) is 6.19. The largest absolute Gasteiger partial charge is 0.497 e. The number of hydrogen-bond acceptors (Lipinski definition) is 6. The smallest absolute Gasteiger partial charge is 0.408 e. The van der Waals surface area contributed by atoms with Gasteiger partial charge in [-0.2, -0.15) is 0 Å². The van der Waals surface area contributed by atoms with Crippen molar-refractivity contribution in [3.63, 3.8) is 0 Å². The Morgan fingerprint density at radius 2 is 2.11 bits per heavy atom. The maximum Gasteiger partial charge on any atom is 0.408 e. The summed E-state index contributed by atoms with van der Waals surface area (Å²) in [5.74, 6) is 0.134. The van der Waals surface area contributed by atoms with Crippen molar-refractivity contribution in [3.8, 4) is 5.75 Å². The molecule has 0 saturated heterocycles. The van der Waals surface area contributed by atoms with Crippen LogP contribution in [0.4, 0.5) is 4.79 Å². The fourth-order valence-corrected chi connectivity index (χ4v) is 2.93. The molecule has 1 aromatic carbocycles. The number of nitrogens with two attached hydrogens (primary N) is 1. The van der Waals surface area contributed by atoms with Crippen molar-refractivity contribution in [2.75, 3.05) is 13.7 Å². The lowest BCUT2D eigenvalue weighted by Crippen LogP contribution is -2.34. The number of nitrogens with zero attached hydrogens (tertiary/aromatic N) is 3. The van der Waals surface area contributed by atoms with E-state index in [1.165, 1.54) is 0 Å². The van der Waals surface area contributed by atoms with Gasteiger partial charge in [-0.05, 0) is 36.1 Å². The Hall–Kier alpha value is -3.36. The second-order valence-corrected chi connectivity index (χ2v) is 6.19. The quantitative estimate of drug-likeness (QED) is 0.791. The normalized spacial score (nSPS) is 15.7. The van der Waals surface area contributed by atoms with E-state index in [4.69, 9.17) is 15.2 Å². The molecule has 0 bridgehead atoms. The van der Waals surface area contributed by atoms with E-state index >= 15 is 0 Å². The van der Waals surface area contributed by atoms with Crippen LogP contribution in [0.15, 0.2) is 30.8 Å². The maximum atomic E-state index is 11.8. The van der Waals surface area contributed by atoms with Crippen molar-refractivity contribution < 1.29 is 19.1 Å². The summed E-state index contributed by atoms with van der Waals surface area (Å²) in [7, 11) is 1.62. The molecule has 1 atom stereocenters. The monoisotopic (exact) mass is 371 g/mol. The Morgan fingerprint density at radius 1 is 1.37 bits per heavy atom. The van der Waals surface area contributed by atoms with E-state index in [1.807, 2.05) is 24.3 Å². The highest BCUT2D eigenvalue weighted by atomic mass is 16.6. The van der Waals surface area contributed by atoms with Gasteiger partial charge in [-0.1, -0.05) is 23.9 Å². The van der Waals surface area contributed by atoms with Gasteiger partial charge >= 0.3 is 6.09 Å². The molecule has 1 unspecified atom stereocenters. The van der Waals surface area contributed by atoms with Gasteiger partial charge in [0, 0.05) is 0 Å². The van der Waals surface area contributed by atoms with Gasteiger partial charge in [0.05, 0.1) is 25.9 Å². The lowest BCUT2D eigenvalue weighted by molar-refractivity contribution is -0.117. The molecule has 9 heteroatoms. The number of fused-ring (bicyclic) bond motifs is 1. The topological polar surface area (TPSA) is 121 Å².